The summed E-state index contributed by atoms with van der Waals surface area (Å²) in [6.07, 6.45) is 0. The lowest BCUT2D eigenvalue weighted by Gasteiger charge is -2.05. The number of nitro groups is 1. The summed E-state index contributed by atoms with van der Waals surface area (Å²) in [7, 11) is 0. The van der Waals surface area contributed by atoms with E-state index in [9.17, 15) is 19.7 Å². The van der Waals surface area contributed by atoms with Crippen LogP contribution in [0.25, 0.3) is 22.2 Å². The minimum Gasteiger partial charge on any atom is -0.451 e. The summed E-state index contributed by atoms with van der Waals surface area (Å²) in [5.74, 6) is -0.581. The number of non-ortho nitro benzene ring substituents is 1. The Kier molecular flexibility index (Phi) is 4.21. The van der Waals surface area contributed by atoms with Crippen molar-refractivity contribution in [3.8, 4) is 11.3 Å². The second kappa shape index (κ2) is 6.71. The van der Waals surface area contributed by atoms with Crippen LogP contribution in [0.15, 0.2) is 69.9 Å². The van der Waals surface area contributed by atoms with Gasteiger partial charge >= 0.3 is 5.91 Å². The highest BCUT2D eigenvalue weighted by Gasteiger charge is 2.19. The smallest absolute Gasteiger partial charge is 0.302 e. The lowest BCUT2D eigenvalue weighted by Crippen LogP contribution is -2.28. The fourth-order valence-corrected chi connectivity index (χ4v) is 3.11. The molecule has 0 fully saturated rings. The van der Waals surface area contributed by atoms with Gasteiger partial charge in [-0.2, -0.15) is 0 Å². The number of aromatic nitrogens is 2. The molecule has 0 radical (unpaired) electrons. The third-order valence-electron chi connectivity index (χ3n) is 4.17. The molecule has 9 heteroatoms. The first-order chi connectivity index (χ1) is 13.5. The second-order valence-electron chi connectivity index (χ2n) is 5.89. The van der Waals surface area contributed by atoms with Crippen molar-refractivity contribution in [2.24, 2.45) is 0 Å². The van der Waals surface area contributed by atoms with Crippen LogP contribution in [0.4, 0.5) is 5.69 Å². The highest BCUT2D eigenvalue weighted by Crippen LogP contribution is 2.26. The Morgan fingerprint density at radius 3 is 2.68 bits per heavy atom. The molecular formula is C19H11N3O5S. The number of nitrogens with one attached hydrogen (secondary N) is 1. The molecular weight excluding hydrogens is 382 g/mol. The number of furan rings is 1. The van der Waals surface area contributed by atoms with Crippen LogP contribution in [0.3, 0.4) is 0 Å². The van der Waals surface area contributed by atoms with E-state index in [1.54, 1.807) is 30.3 Å². The van der Waals surface area contributed by atoms with Crippen LogP contribution in [0.5, 0.6) is 0 Å². The Labute approximate surface area is 161 Å². The molecule has 0 unspecified atom stereocenters. The van der Waals surface area contributed by atoms with E-state index in [0.717, 1.165) is 4.57 Å². The summed E-state index contributed by atoms with van der Waals surface area (Å²) < 4.78 is 6.32. The highest BCUT2D eigenvalue weighted by molar-refractivity contribution is 7.71. The number of hydrogen-bond donors (Lipinski definition) is 1. The number of hydrogen-bond acceptors (Lipinski definition) is 6. The minimum absolute atomic E-state index is 0.0537. The Bertz CT molecular complexity index is 1370. The van der Waals surface area contributed by atoms with Crippen LogP contribution >= 0.6 is 12.2 Å². The van der Waals surface area contributed by atoms with Gasteiger partial charge in [-0.15, -0.1) is 0 Å². The van der Waals surface area contributed by atoms with Gasteiger partial charge in [-0.25, -0.2) is 4.57 Å². The topological polar surface area (TPSA) is 111 Å². The summed E-state index contributed by atoms with van der Waals surface area (Å²) >= 11 is 5.16. The first-order valence-electron chi connectivity index (χ1n) is 8.09. The second-order valence-corrected chi connectivity index (χ2v) is 6.28. The van der Waals surface area contributed by atoms with Gasteiger partial charge < -0.3 is 9.40 Å². The molecule has 0 saturated carbocycles. The minimum atomic E-state index is -0.728. The zero-order chi connectivity index (χ0) is 19.8. The van der Waals surface area contributed by atoms with Crippen molar-refractivity contribution in [3.05, 3.63) is 91.7 Å². The van der Waals surface area contributed by atoms with Crippen molar-refractivity contribution in [2.75, 3.05) is 0 Å². The lowest BCUT2D eigenvalue weighted by atomic mass is 10.1. The average molecular weight is 393 g/mol. The molecule has 0 aliphatic carbocycles. The normalized spacial score (nSPS) is 10.9. The molecule has 0 aliphatic heterocycles. The lowest BCUT2D eigenvalue weighted by molar-refractivity contribution is -0.384. The Balaban J connectivity index is 1.78. The van der Waals surface area contributed by atoms with Gasteiger partial charge in [-0.05, 0) is 36.5 Å². The zero-order valence-corrected chi connectivity index (χ0v) is 14.9. The molecule has 2 aromatic heterocycles. The molecule has 1 N–H and O–H groups in total. The quantitative estimate of drug-likeness (QED) is 0.321. The van der Waals surface area contributed by atoms with E-state index in [4.69, 9.17) is 16.6 Å². The Morgan fingerprint density at radius 1 is 1.11 bits per heavy atom. The molecule has 0 saturated heterocycles. The van der Waals surface area contributed by atoms with Gasteiger partial charge in [-0.1, -0.05) is 24.3 Å². The van der Waals surface area contributed by atoms with Gasteiger partial charge in [0, 0.05) is 17.7 Å². The van der Waals surface area contributed by atoms with Crippen molar-refractivity contribution in [3.63, 3.8) is 0 Å². The molecule has 138 valence electrons. The van der Waals surface area contributed by atoms with Gasteiger partial charge in [0.15, 0.2) is 10.5 Å². The number of para-hydroxylation sites is 1. The summed E-state index contributed by atoms with van der Waals surface area (Å²) in [6, 6.07) is 15.4. The molecule has 28 heavy (non-hydrogen) atoms. The van der Waals surface area contributed by atoms with E-state index >= 15 is 0 Å². The van der Waals surface area contributed by atoms with E-state index in [-0.39, 0.29) is 22.0 Å². The Hall–Kier alpha value is -3.85. The van der Waals surface area contributed by atoms with Gasteiger partial charge in [0.2, 0.25) is 0 Å². The third-order valence-corrected chi connectivity index (χ3v) is 4.45. The average Bonchev–Trinajstić information content (AvgIpc) is 3.18. The van der Waals surface area contributed by atoms with Crippen molar-refractivity contribution in [1.82, 2.24) is 9.55 Å². The Morgan fingerprint density at radius 2 is 1.89 bits per heavy atom. The third kappa shape index (κ3) is 2.93. The fourth-order valence-electron chi connectivity index (χ4n) is 2.84. The first kappa shape index (κ1) is 17.6. The zero-order valence-electron chi connectivity index (χ0n) is 14.1. The molecule has 0 spiro atoms. The van der Waals surface area contributed by atoms with E-state index in [2.05, 4.69) is 4.98 Å². The largest absolute Gasteiger partial charge is 0.451 e. The van der Waals surface area contributed by atoms with E-state index in [0.29, 0.717) is 16.5 Å². The maximum Gasteiger partial charge on any atom is 0.302 e. The standard InChI is InChI=1S/C19H11N3O5S/c23-17-13-6-1-2-7-14(13)20-19(28)21(17)18(24)16-9-8-15(27-16)11-4-3-5-12(10-11)22(25)26/h1-10H,(H,20,28). The number of nitrogens with zero attached hydrogens (tertiary/aromatic N) is 2. The molecule has 8 nitrogen and oxygen atoms in total. The number of fused-ring (bicyclic) bond motifs is 1. The number of carbonyl (C=O) groups is 1. The molecule has 4 aromatic rings. The van der Waals surface area contributed by atoms with E-state index in [1.165, 1.54) is 30.3 Å². The van der Waals surface area contributed by atoms with Crippen LogP contribution in [-0.2, 0) is 0 Å². The van der Waals surface area contributed by atoms with Crippen molar-refractivity contribution in [2.45, 2.75) is 0 Å². The predicted molar refractivity (Wildman–Crippen MR) is 104 cm³/mol. The van der Waals surface area contributed by atoms with Crippen LogP contribution in [0.2, 0.25) is 0 Å². The summed E-state index contributed by atoms with van der Waals surface area (Å²) in [5, 5.41) is 11.2. The molecule has 4 rings (SSSR count). The molecule has 0 bridgehead atoms. The van der Waals surface area contributed by atoms with Crippen LogP contribution in [0, 0.1) is 14.9 Å². The highest BCUT2D eigenvalue weighted by atomic mass is 32.1. The molecule has 0 amide bonds. The number of H-pyrrole nitrogens is 1. The van der Waals surface area contributed by atoms with Crippen molar-refractivity contribution < 1.29 is 14.1 Å². The van der Waals surface area contributed by atoms with E-state index < -0.39 is 16.4 Å². The molecule has 0 atom stereocenters. The number of aromatic amines is 1. The van der Waals surface area contributed by atoms with Gasteiger partial charge in [0.05, 0.1) is 15.8 Å². The SMILES string of the molecule is O=C(c1ccc(-c2cccc([N+](=O)[O-])c2)o1)n1c(=S)[nH]c2ccccc2c1=O. The predicted octanol–water partition coefficient (Wildman–Crippen LogP) is 3.92. The molecule has 2 heterocycles. The first-order valence-corrected chi connectivity index (χ1v) is 8.50. The van der Waals surface area contributed by atoms with Crippen LogP contribution < -0.4 is 5.56 Å². The summed E-state index contributed by atoms with van der Waals surface area (Å²) in [4.78, 5) is 38.8. The van der Waals surface area contributed by atoms with Gasteiger partial charge in [-0.3, -0.25) is 19.7 Å². The van der Waals surface area contributed by atoms with Crippen LogP contribution in [-0.4, -0.2) is 20.4 Å². The van der Waals surface area contributed by atoms with Crippen molar-refractivity contribution >= 4 is 34.7 Å². The number of benzene rings is 2. The van der Waals surface area contributed by atoms with E-state index in [1.807, 2.05) is 0 Å². The van der Waals surface area contributed by atoms with Crippen molar-refractivity contribution in [1.29, 1.82) is 0 Å². The molecule has 2 aromatic carbocycles. The van der Waals surface area contributed by atoms with Gasteiger partial charge in [0.25, 0.3) is 11.2 Å². The maximum absolute atomic E-state index is 12.8. The number of nitro benzene ring substituents is 1. The van der Waals surface area contributed by atoms with Crippen LogP contribution in [0.1, 0.15) is 10.6 Å². The monoisotopic (exact) mass is 393 g/mol. The summed E-state index contributed by atoms with van der Waals surface area (Å²) in [5.41, 5.74) is 0.301. The van der Waals surface area contributed by atoms with Gasteiger partial charge in [0.1, 0.15) is 5.76 Å². The maximum atomic E-state index is 12.8. The fraction of sp³-hybridized carbons (Fsp3) is 0. The number of rotatable bonds is 3. The molecule has 0 aliphatic rings. The number of carbonyl (C=O) groups excluding carboxylic acids is 1. The summed E-state index contributed by atoms with van der Waals surface area (Å²) in [6.45, 7) is 0.